The molecule has 0 amide bonds. The Hall–Kier alpha value is -3.12. The third-order valence-corrected chi connectivity index (χ3v) is 7.17. The second-order valence-electron chi connectivity index (χ2n) is 7.43. The molecule has 2 heterocycles. The summed E-state index contributed by atoms with van der Waals surface area (Å²) < 4.78 is 69.4. The summed E-state index contributed by atoms with van der Waals surface area (Å²) >= 11 is 0. The number of piperidine rings is 1. The van der Waals surface area contributed by atoms with E-state index in [1.54, 1.807) is 0 Å². The van der Waals surface area contributed by atoms with Crippen molar-refractivity contribution in [2.45, 2.75) is 30.7 Å². The molecule has 1 aromatic heterocycles. The predicted molar refractivity (Wildman–Crippen MR) is 114 cm³/mol. The first-order chi connectivity index (χ1) is 15.6. The molecule has 0 radical (unpaired) electrons. The van der Waals surface area contributed by atoms with Crippen LogP contribution in [0.2, 0.25) is 0 Å². The van der Waals surface area contributed by atoms with E-state index in [1.807, 2.05) is 35.9 Å². The Balaban J connectivity index is 1.33. The lowest BCUT2D eigenvalue weighted by molar-refractivity contribution is -0.274. The van der Waals surface area contributed by atoms with Gasteiger partial charge in [0.1, 0.15) is 5.75 Å². The van der Waals surface area contributed by atoms with E-state index in [-0.39, 0.29) is 24.6 Å². The Labute approximate surface area is 188 Å². The molecule has 3 aromatic rings. The molecule has 0 N–H and O–H groups in total. The zero-order valence-electron chi connectivity index (χ0n) is 17.6. The number of imidazole rings is 1. The van der Waals surface area contributed by atoms with Gasteiger partial charge in [0, 0.05) is 33.0 Å². The second-order valence-corrected chi connectivity index (χ2v) is 9.37. The number of hydrogen-bond acceptors (Lipinski definition) is 6. The summed E-state index contributed by atoms with van der Waals surface area (Å²) in [5.74, 6) is 0.241. The largest absolute Gasteiger partial charge is 0.573 e. The van der Waals surface area contributed by atoms with Gasteiger partial charge in [-0.25, -0.2) is 13.4 Å². The van der Waals surface area contributed by atoms with Crippen LogP contribution in [0, 0.1) is 0 Å². The Kier molecular flexibility index (Phi) is 6.30. The van der Waals surface area contributed by atoms with Crippen molar-refractivity contribution in [2.75, 3.05) is 13.1 Å². The number of oxime groups is 1. The fraction of sp³-hybridized carbons (Fsp3) is 0.333. The van der Waals surface area contributed by atoms with Crippen molar-refractivity contribution in [3.8, 4) is 5.75 Å². The highest BCUT2D eigenvalue weighted by atomic mass is 32.2. The van der Waals surface area contributed by atoms with Gasteiger partial charge in [-0.05, 0) is 36.4 Å². The molecule has 0 bridgehead atoms. The number of ether oxygens (including phenoxy) is 1. The van der Waals surface area contributed by atoms with Gasteiger partial charge >= 0.3 is 6.36 Å². The molecule has 0 spiro atoms. The maximum Gasteiger partial charge on any atom is 0.573 e. The zero-order chi connectivity index (χ0) is 23.6. The zero-order valence-corrected chi connectivity index (χ0v) is 18.4. The Morgan fingerprint density at radius 3 is 2.36 bits per heavy atom. The third-order valence-electron chi connectivity index (χ3n) is 5.26. The minimum atomic E-state index is -4.84. The minimum Gasteiger partial charge on any atom is -0.406 e. The molecule has 0 atom stereocenters. The van der Waals surface area contributed by atoms with Crippen LogP contribution in [0.5, 0.6) is 5.75 Å². The van der Waals surface area contributed by atoms with Crippen LogP contribution in [0.25, 0.3) is 11.0 Å². The van der Waals surface area contributed by atoms with Crippen LogP contribution in [-0.2, 0) is 28.5 Å². The molecule has 1 saturated heterocycles. The lowest BCUT2D eigenvalue weighted by Gasteiger charge is -2.26. The Morgan fingerprint density at radius 2 is 1.73 bits per heavy atom. The normalized spacial score (nSPS) is 15.6. The summed E-state index contributed by atoms with van der Waals surface area (Å²) in [5.41, 5.74) is 2.58. The average molecular weight is 482 g/mol. The Morgan fingerprint density at radius 1 is 1.06 bits per heavy atom. The molecule has 33 heavy (non-hydrogen) atoms. The van der Waals surface area contributed by atoms with Gasteiger partial charge < -0.3 is 14.1 Å². The van der Waals surface area contributed by atoms with Crippen molar-refractivity contribution in [2.24, 2.45) is 12.2 Å². The highest BCUT2D eigenvalue weighted by Gasteiger charge is 2.32. The molecule has 0 unspecified atom stereocenters. The van der Waals surface area contributed by atoms with Gasteiger partial charge in [0.25, 0.3) is 0 Å². The maximum absolute atomic E-state index is 12.8. The summed E-state index contributed by atoms with van der Waals surface area (Å²) in [7, 11) is -1.95. The highest BCUT2D eigenvalue weighted by Crippen LogP contribution is 2.26. The van der Waals surface area contributed by atoms with Crippen LogP contribution in [0.4, 0.5) is 13.2 Å². The molecule has 4 rings (SSSR count). The molecule has 1 fully saturated rings. The number of rotatable bonds is 6. The van der Waals surface area contributed by atoms with E-state index < -0.39 is 22.1 Å². The molecule has 1 aliphatic rings. The first-order valence-corrected chi connectivity index (χ1v) is 11.5. The van der Waals surface area contributed by atoms with E-state index in [1.165, 1.54) is 4.31 Å². The van der Waals surface area contributed by atoms with Crippen molar-refractivity contribution in [1.29, 1.82) is 0 Å². The number of aryl methyl sites for hydroxylation is 1. The quantitative estimate of drug-likeness (QED) is 0.499. The number of para-hydroxylation sites is 2. The fourth-order valence-corrected chi connectivity index (χ4v) is 4.99. The van der Waals surface area contributed by atoms with Gasteiger partial charge in [0.15, 0.2) is 12.4 Å². The molecule has 0 saturated carbocycles. The second kappa shape index (κ2) is 9.02. The Bertz CT molecular complexity index is 1260. The molecule has 176 valence electrons. The molecular formula is C21H21F3N4O4S. The van der Waals surface area contributed by atoms with Gasteiger partial charge in [-0.3, -0.25) is 0 Å². The molecule has 1 aliphatic heterocycles. The van der Waals surface area contributed by atoms with Crippen LogP contribution >= 0.6 is 0 Å². The highest BCUT2D eigenvalue weighted by molar-refractivity contribution is 7.89. The first-order valence-electron chi connectivity index (χ1n) is 10.1. The van der Waals surface area contributed by atoms with Crippen molar-refractivity contribution >= 4 is 26.8 Å². The lowest BCUT2D eigenvalue weighted by Crippen LogP contribution is -2.38. The third kappa shape index (κ3) is 5.28. The topological polar surface area (TPSA) is 86.0 Å². The van der Waals surface area contributed by atoms with E-state index in [2.05, 4.69) is 14.9 Å². The van der Waals surface area contributed by atoms with E-state index in [9.17, 15) is 21.6 Å². The first kappa shape index (κ1) is 23.1. The fourth-order valence-electron chi connectivity index (χ4n) is 3.54. The number of alkyl halides is 3. The van der Waals surface area contributed by atoms with Crippen LogP contribution in [0.1, 0.15) is 18.7 Å². The van der Waals surface area contributed by atoms with Gasteiger partial charge in [-0.1, -0.05) is 17.3 Å². The molecule has 0 aliphatic carbocycles. The summed E-state index contributed by atoms with van der Waals surface area (Å²) in [6.07, 6.45) is -4.07. The lowest BCUT2D eigenvalue weighted by atomic mass is 10.1. The SMILES string of the molecule is Cn1c(CON=C2CCN(S(=O)(=O)c3ccc(OC(F)(F)F)cc3)CC2)nc2ccccc21. The van der Waals surface area contributed by atoms with Crippen molar-refractivity contribution in [3.63, 3.8) is 0 Å². The molecular weight excluding hydrogens is 461 g/mol. The van der Waals surface area contributed by atoms with E-state index in [0.29, 0.717) is 12.8 Å². The summed E-state index contributed by atoms with van der Waals surface area (Å²) in [6.45, 7) is 0.568. The molecule has 12 heteroatoms. The summed E-state index contributed by atoms with van der Waals surface area (Å²) in [6, 6.07) is 11.9. The van der Waals surface area contributed by atoms with E-state index in [4.69, 9.17) is 4.84 Å². The van der Waals surface area contributed by atoms with Crippen LogP contribution in [0.3, 0.4) is 0 Å². The molecule has 8 nitrogen and oxygen atoms in total. The number of halogens is 3. The number of benzene rings is 2. The van der Waals surface area contributed by atoms with Crippen molar-refractivity contribution in [1.82, 2.24) is 13.9 Å². The van der Waals surface area contributed by atoms with Gasteiger partial charge in [-0.15, -0.1) is 13.2 Å². The number of fused-ring (bicyclic) bond motifs is 1. The van der Waals surface area contributed by atoms with Crippen molar-refractivity contribution < 1.29 is 31.2 Å². The maximum atomic E-state index is 12.8. The standard InChI is InChI=1S/C21H21F3N4O4S/c1-27-19-5-3-2-4-18(19)25-20(27)14-31-26-15-10-12-28(13-11-15)33(29,30)17-8-6-16(7-9-17)32-21(22,23)24/h2-9H,10-14H2,1H3. The van der Waals surface area contributed by atoms with E-state index in [0.717, 1.165) is 46.8 Å². The number of aromatic nitrogens is 2. The number of sulfonamides is 1. The van der Waals surface area contributed by atoms with Gasteiger partial charge in [0.2, 0.25) is 10.0 Å². The van der Waals surface area contributed by atoms with Gasteiger partial charge in [0.05, 0.1) is 21.6 Å². The van der Waals surface area contributed by atoms with Crippen LogP contribution in [-0.4, -0.2) is 47.4 Å². The monoisotopic (exact) mass is 482 g/mol. The van der Waals surface area contributed by atoms with Crippen LogP contribution < -0.4 is 4.74 Å². The average Bonchev–Trinajstić information content (AvgIpc) is 3.09. The van der Waals surface area contributed by atoms with E-state index >= 15 is 0 Å². The smallest absolute Gasteiger partial charge is 0.406 e. The summed E-state index contributed by atoms with van der Waals surface area (Å²) in [4.78, 5) is 9.87. The predicted octanol–water partition coefficient (Wildman–Crippen LogP) is 3.83. The summed E-state index contributed by atoms with van der Waals surface area (Å²) in [5, 5.41) is 4.14. The molecule has 2 aromatic carbocycles. The number of nitrogens with zero attached hydrogens (tertiary/aromatic N) is 4. The van der Waals surface area contributed by atoms with Crippen LogP contribution in [0.15, 0.2) is 58.6 Å². The van der Waals surface area contributed by atoms with Crippen molar-refractivity contribution in [3.05, 3.63) is 54.4 Å². The number of hydrogen-bond donors (Lipinski definition) is 0. The minimum absolute atomic E-state index is 0.101. The van der Waals surface area contributed by atoms with Gasteiger partial charge in [-0.2, -0.15) is 4.31 Å².